The summed E-state index contributed by atoms with van der Waals surface area (Å²) in [6.45, 7) is 4.98. The summed E-state index contributed by atoms with van der Waals surface area (Å²) in [5.41, 5.74) is 3.29. The lowest BCUT2D eigenvalue weighted by atomic mass is 10.00. The number of carbonyl (C=O) groups is 1. The van der Waals surface area contributed by atoms with Crippen LogP contribution in [0.25, 0.3) is 0 Å². The molecule has 2 heterocycles. The number of carbonyl (C=O) groups excluding carboxylic acids is 1. The van der Waals surface area contributed by atoms with Crippen molar-refractivity contribution < 1.29 is 13.9 Å². The minimum Gasteiger partial charge on any atom is -0.381 e. The second-order valence-corrected chi connectivity index (χ2v) is 8.53. The van der Waals surface area contributed by atoms with Gasteiger partial charge < -0.3 is 9.64 Å². The molecule has 4 rings (SSSR count). The molecule has 2 aromatic rings. The van der Waals surface area contributed by atoms with E-state index in [4.69, 9.17) is 16.3 Å². The number of amides is 1. The van der Waals surface area contributed by atoms with Crippen molar-refractivity contribution in [2.45, 2.75) is 38.3 Å². The van der Waals surface area contributed by atoms with Gasteiger partial charge in [-0.3, -0.25) is 9.69 Å². The lowest BCUT2D eigenvalue weighted by Crippen LogP contribution is -2.45. The minimum absolute atomic E-state index is 0.0141. The van der Waals surface area contributed by atoms with E-state index in [1.165, 1.54) is 29.3 Å². The normalized spacial score (nSPS) is 17.5. The van der Waals surface area contributed by atoms with E-state index in [0.717, 1.165) is 45.3 Å². The first-order valence-corrected chi connectivity index (χ1v) is 11.1. The van der Waals surface area contributed by atoms with Gasteiger partial charge in [-0.2, -0.15) is 0 Å². The first-order valence-electron chi connectivity index (χ1n) is 10.7. The Morgan fingerprint density at radius 3 is 2.70 bits per heavy atom. The zero-order valence-electron chi connectivity index (χ0n) is 17.2. The van der Waals surface area contributed by atoms with E-state index in [-0.39, 0.29) is 17.0 Å². The number of benzene rings is 2. The maximum absolute atomic E-state index is 13.6. The van der Waals surface area contributed by atoms with Gasteiger partial charge in [0, 0.05) is 51.0 Å². The molecule has 160 valence electrons. The SMILES string of the molecule is O=C(c1ccc(F)c(Cl)c1)N(CCCN1CCc2ccccc2C1)C1CCOCC1. The Morgan fingerprint density at radius 1 is 1.17 bits per heavy atom. The number of ether oxygens (including phenoxy) is 1. The van der Waals surface area contributed by atoms with Crippen LogP contribution in [0.15, 0.2) is 42.5 Å². The van der Waals surface area contributed by atoms with E-state index in [1.807, 2.05) is 4.90 Å². The Bertz CT molecular complexity index is 885. The quantitative estimate of drug-likeness (QED) is 0.674. The molecule has 30 heavy (non-hydrogen) atoms. The molecule has 0 radical (unpaired) electrons. The fraction of sp³-hybridized carbons (Fsp3) is 0.458. The monoisotopic (exact) mass is 430 g/mol. The van der Waals surface area contributed by atoms with Gasteiger partial charge >= 0.3 is 0 Å². The smallest absolute Gasteiger partial charge is 0.254 e. The van der Waals surface area contributed by atoms with Crippen LogP contribution in [0.4, 0.5) is 4.39 Å². The summed E-state index contributed by atoms with van der Waals surface area (Å²) in [6.07, 6.45) is 3.64. The van der Waals surface area contributed by atoms with Gasteiger partial charge in [0.05, 0.1) is 5.02 Å². The maximum atomic E-state index is 13.6. The van der Waals surface area contributed by atoms with E-state index in [1.54, 1.807) is 0 Å². The third-order valence-corrected chi connectivity index (χ3v) is 6.43. The van der Waals surface area contributed by atoms with Gasteiger partial charge in [-0.05, 0) is 55.0 Å². The van der Waals surface area contributed by atoms with Crippen molar-refractivity contribution in [2.24, 2.45) is 0 Å². The Balaban J connectivity index is 1.40. The van der Waals surface area contributed by atoms with Gasteiger partial charge in [0.2, 0.25) is 0 Å². The molecule has 0 atom stereocenters. The molecular formula is C24H28ClFN2O2. The molecule has 2 aromatic carbocycles. The standard InChI is InChI=1S/C24H28ClFN2O2/c25-22-16-19(6-7-23(22)26)24(29)28(21-9-14-30-15-10-21)12-3-11-27-13-8-18-4-1-2-5-20(18)17-27/h1-2,4-7,16,21H,3,8-15,17H2. The Hall–Kier alpha value is -1.95. The fourth-order valence-corrected chi connectivity index (χ4v) is 4.63. The summed E-state index contributed by atoms with van der Waals surface area (Å²) in [4.78, 5) is 17.7. The summed E-state index contributed by atoms with van der Waals surface area (Å²) in [5.74, 6) is -0.580. The first-order chi connectivity index (χ1) is 14.6. The highest BCUT2D eigenvalue weighted by molar-refractivity contribution is 6.31. The summed E-state index contributed by atoms with van der Waals surface area (Å²) in [5, 5.41) is -0.0141. The van der Waals surface area contributed by atoms with Crippen molar-refractivity contribution in [3.8, 4) is 0 Å². The zero-order valence-corrected chi connectivity index (χ0v) is 17.9. The zero-order chi connectivity index (χ0) is 20.9. The summed E-state index contributed by atoms with van der Waals surface area (Å²) in [7, 11) is 0. The Kier molecular flexibility index (Phi) is 7.03. The average Bonchev–Trinajstić information content (AvgIpc) is 2.78. The predicted octanol–water partition coefficient (Wildman–Crippen LogP) is 4.55. The van der Waals surface area contributed by atoms with Crippen LogP contribution in [0.2, 0.25) is 5.02 Å². The number of rotatable bonds is 6. The number of fused-ring (bicyclic) bond motifs is 1. The second kappa shape index (κ2) is 9.90. The molecule has 1 amide bonds. The highest BCUT2D eigenvalue weighted by Crippen LogP contribution is 2.22. The van der Waals surface area contributed by atoms with Crippen LogP contribution < -0.4 is 0 Å². The lowest BCUT2D eigenvalue weighted by molar-refractivity contribution is 0.0279. The summed E-state index contributed by atoms with van der Waals surface area (Å²) < 4.78 is 19.0. The number of halogens is 2. The molecule has 4 nitrogen and oxygen atoms in total. The van der Waals surface area contributed by atoms with Crippen LogP contribution in [0, 0.1) is 5.82 Å². The van der Waals surface area contributed by atoms with Crippen molar-refractivity contribution in [2.75, 3.05) is 32.8 Å². The van der Waals surface area contributed by atoms with Gasteiger partial charge in [-0.25, -0.2) is 4.39 Å². The highest BCUT2D eigenvalue weighted by atomic mass is 35.5. The van der Waals surface area contributed by atoms with Gasteiger partial charge in [0.1, 0.15) is 5.82 Å². The van der Waals surface area contributed by atoms with Crippen molar-refractivity contribution in [3.63, 3.8) is 0 Å². The largest absolute Gasteiger partial charge is 0.381 e. The van der Waals surface area contributed by atoms with Gasteiger partial charge in [0.25, 0.3) is 5.91 Å². The lowest BCUT2D eigenvalue weighted by Gasteiger charge is -2.35. The van der Waals surface area contributed by atoms with Crippen LogP contribution in [-0.2, 0) is 17.7 Å². The van der Waals surface area contributed by atoms with Crippen LogP contribution in [0.5, 0.6) is 0 Å². The summed E-state index contributed by atoms with van der Waals surface area (Å²) in [6, 6.07) is 13.0. The molecule has 0 spiro atoms. The van der Waals surface area contributed by atoms with Crippen molar-refractivity contribution >= 4 is 17.5 Å². The minimum atomic E-state index is -0.504. The van der Waals surface area contributed by atoms with E-state index < -0.39 is 5.82 Å². The van der Waals surface area contributed by atoms with E-state index in [0.29, 0.717) is 25.3 Å². The molecular weight excluding hydrogens is 403 g/mol. The number of hydrogen-bond donors (Lipinski definition) is 0. The molecule has 6 heteroatoms. The highest BCUT2D eigenvalue weighted by Gasteiger charge is 2.27. The van der Waals surface area contributed by atoms with Crippen LogP contribution in [-0.4, -0.2) is 54.6 Å². The van der Waals surface area contributed by atoms with Crippen molar-refractivity contribution in [3.05, 3.63) is 70.0 Å². The molecule has 0 N–H and O–H groups in total. The third kappa shape index (κ3) is 5.02. The average molecular weight is 431 g/mol. The molecule has 0 aromatic heterocycles. The molecule has 0 saturated carbocycles. The van der Waals surface area contributed by atoms with Crippen molar-refractivity contribution in [1.82, 2.24) is 9.80 Å². The molecule has 1 fully saturated rings. The predicted molar refractivity (Wildman–Crippen MR) is 116 cm³/mol. The van der Waals surface area contributed by atoms with Crippen molar-refractivity contribution in [1.29, 1.82) is 0 Å². The molecule has 2 aliphatic rings. The molecule has 0 bridgehead atoms. The topological polar surface area (TPSA) is 32.8 Å². The molecule has 0 aliphatic carbocycles. The van der Waals surface area contributed by atoms with Crippen LogP contribution in [0.1, 0.15) is 40.7 Å². The van der Waals surface area contributed by atoms with Crippen LogP contribution >= 0.6 is 11.6 Å². The molecule has 2 aliphatic heterocycles. The van der Waals surface area contributed by atoms with Crippen LogP contribution in [0.3, 0.4) is 0 Å². The van der Waals surface area contributed by atoms with Gasteiger partial charge in [0.15, 0.2) is 0 Å². The second-order valence-electron chi connectivity index (χ2n) is 8.12. The molecule has 0 unspecified atom stereocenters. The number of hydrogen-bond acceptors (Lipinski definition) is 3. The molecule has 1 saturated heterocycles. The van der Waals surface area contributed by atoms with E-state index >= 15 is 0 Å². The Morgan fingerprint density at radius 2 is 1.93 bits per heavy atom. The van der Waals surface area contributed by atoms with Gasteiger partial charge in [-0.15, -0.1) is 0 Å². The van der Waals surface area contributed by atoms with E-state index in [2.05, 4.69) is 29.2 Å². The number of nitrogens with zero attached hydrogens (tertiary/aromatic N) is 2. The maximum Gasteiger partial charge on any atom is 0.254 e. The fourth-order valence-electron chi connectivity index (χ4n) is 4.45. The van der Waals surface area contributed by atoms with Gasteiger partial charge in [-0.1, -0.05) is 35.9 Å². The van der Waals surface area contributed by atoms with E-state index in [9.17, 15) is 9.18 Å². The Labute approximate surface area is 182 Å². The first kappa shape index (κ1) is 21.3. The summed E-state index contributed by atoms with van der Waals surface area (Å²) >= 11 is 5.92. The third-order valence-electron chi connectivity index (χ3n) is 6.14.